The summed E-state index contributed by atoms with van der Waals surface area (Å²) in [5, 5.41) is 10.9. The quantitative estimate of drug-likeness (QED) is 0.908. The van der Waals surface area contributed by atoms with Crippen LogP contribution in [-0.2, 0) is 18.5 Å². The highest BCUT2D eigenvalue weighted by molar-refractivity contribution is 5.23. The summed E-state index contributed by atoms with van der Waals surface area (Å²) >= 11 is 0. The number of fused-ring (bicyclic) bond motifs is 1. The number of hydrogen-bond donors (Lipinski definition) is 2. The van der Waals surface area contributed by atoms with E-state index in [1.807, 2.05) is 12.4 Å². The number of aryl methyl sites for hydroxylation is 1. The Morgan fingerprint density at radius 1 is 1.43 bits per heavy atom. The second kappa shape index (κ2) is 5.64. The van der Waals surface area contributed by atoms with Gasteiger partial charge in [0.1, 0.15) is 5.82 Å². The summed E-state index contributed by atoms with van der Waals surface area (Å²) in [6.45, 7) is 9.58. The largest absolute Gasteiger partial charge is 0.335 e. The molecular weight excluding hydrogens is 262 g/mol. The van der Waals surface area contributed by atoms with Crippen molar-refractivity contribution in [2.75, 3.05) is 6.54 Å². The lowest BCUT2D eigenvalue weighted by molar-refractivity contribution is 0.422. The number of rotatable bonds is 4. The molecule has 21 heavy (non-hydrogen) atoms. The van der Waals surface area contributed by atoms with E-state index in [4.69, 9.17) is 0 Å². The second-order valence-electron chi connectivity index (χ2n) is 6.97. The lowest BCUT2D eigenvalue weighted by Crippen LogP contribution is -2.27. The highest BCUT2D eigenvalue weighted by atomic mass is 15.1. The minimum absolute atomic E-state index is 0.106. The predicted octanol–water partition coefficient (Wildman–Crippen LogP) is 2.57. The van der Waals surface area contributed by atoms with E-state index in [2.05, 4.69) is 52.0 Å². The van der Waals surface area contributed by atoms with Crippen LogP contribution in [0.25, 0.3) is 0 Å². The predicted molar refractivity (Wildman–Crippen MR) is 83.2 cm³/mol. The normalized spacial score (nSPS) is 18.7. The Morgan fingerprint density at radius 3 is 3.10 bits per heavy atom. The summed E-state index contributed by atoms with van der Waals surface area (Å²) < 4.78 is 2.29. The zero-order valence-corrected chi connectivity index (χ0v) is 13.2. The third kappa shape index (κ3) is 3.02. The molecule has 2 aromatic rings. The van der Waals surface area contributed by atoms with Crippen molar-refractivity contribution in [3.8, 4) is 0 Å². The molecule has 0 aromatic carbocycles. The molecule has 1 atom stereocenters. The third-order valence-corrected chi connectivity index (χ3v) is 4.24. The number of hydrogen-bond acceptors (Lipinski definition) is 3. The Hall–Kier alpha value is -1.62. The van der Waals surface area contributed by atoms with E-state index in [-0.39, 0.29) is 5.41 Å². The minimum Gasteiger partial charge on any atom is -0.335 e. The number of nitrogens with one attached hydrogen (secondary N) is 2. The Labute approximate surface area is 126 Å². The average Bonchev–Trinajstić information content (AvgIpc) is 3.06. The van der Waals surface area contributed by atoms with E-state index < -0.39 is 0 Å². The van der Waals surface area contributed by atoms with Gasteiger partial charge in [-0.1, -0.05) is 20.8 Å². The van der Waals surface area contributed by atoms with Crippen molar-refractivity contribution in [2.45, 2.75) is 58.0 Å². The molecule has 2 aromatic heterocycles. The molecule has 0 radical (unpaired) electrons. The lowest BCUT2D eigenvalue weighted by Gasteiger charge is -2.24. The van der Waals surface area contributed by atoms with Crippen LogP contribution < -0.4 is 5.32 Å². The first-order valence-electron chi connectivity index (χ1n) is 7.80. The zero-order chi connectivity index (χ0) is 14.9. The maximum absolute atomic E-state index is 4.52. The van der Waals surface area contributed by atoms with Crippen LogP contribution in [-0.4, -0.2) is 26.3 Å². The van der Waals surface area contributed by atoms with Gasteiger partial charge in [-0.2, -0.15) is 5.10 Å². The molecule has 0 bridgehead atoms. The van der Waals surface area contributed by atoms with Gasteiger partial charge in [0.2, 0.25) is 0 Å². The van der Waals surface area contributed by atoms with Gasteiger partial charge in [0, 0.05) is 54.6 Å². The highest BCUT2D eigenvalue weighted by Gasteiger charge is 2.22. The van der Waals surface area contributed by atoms with Gasteiger partial charge in [-0.15, -0.1) is 0 Å². The molecule has 0 fully saturated rings. The second-order valence-corrected chi connectivity index (χ2v) is 6.97. The number of H-pyrrole nitrogens is 1. The van der Waals surface area contributed by atoms with Crippen LogP contribution in [0.15, 0.2) is 18.6 Å². The van der Waals surface area contributed by atoms with Gasteiger partial charge in [-0.25, -0.2) is 4.98 Å². The number of aromatic nitrogens is 4. The van der Waals surface area contributed by atoms with E-state index >= 15 is 0 Å². The van der Waals surface area contributed by atoms with Gasteiger partial charge in [-0.05, 0) is 12.8 Å². The summed E-state index contributed by atoms with van der Waals surface area (Å²) in [5.74, 6) is 1.76. The van der Waals surface area contributed by atoms with Crippen LogP contribution in [0.4, 0.5) is 0 Å². The standard InChI is InChI=1S/C16H25N5/c1-16(2,3)14-13(11-19-20-14)10-17-9-12-5-4-7-21-8-6-18-15(12)21/h6,8,11-12,17H,4-5,7,9-10H2,1-3H3,(H,19,20). The Kier molecular flexibility index (Phi) is 3.85. The van der Waals surface area contributed by atoms with E-state index in [9.17, 15) is 0 Å². The zero-order valence-electron chi connectivity index (χ0n) is 13.2. The van der Waals surface area contributed by atoms with Crippen LogP contribution >= 0.6 is 0 Å². The van der Waals surface area contributed by atoms with Crippen molar-refractivity contribution in [3.05, 3.63) is 35.7 Å². The topological polar surface area (TPSA) is 58.5 Å². The van der Waals surface area contributed by atoms with Crippen molar-refractivity contribution >= 4 is 0 Å². The molecule has 3 heterocycles. The summed E-state index contributed by atoms with van der Waals surface area (Å²) in [7, 11) is 0. The molecular formula is C16H25N5. The number of nitrogens with zero attached hydrogens (tertiary/aromatic N) is 3. The summed E-state index contributed by atoms with van der Waals surface area (Å²) in [4.78, 5) is 4.52. The van der Waals surface area contributed by atoms with Crippen LogP contribution in [0.2, 0.25) is 0 Å². The van der Waals surface area contributed by atoms with Crippen LogP contribution in [0.1, 0.15) is 56.6 Å². The molecule has 5 nitrogen and oxygen atoms in total. The van der Waals surface area contributed by atoms with Crippen molar-refractivity contribution in [1.29, 1.82) is 0 Å². The molecule has 1 aliphatic heterocycles. The van der Waals surface area contributed by atoms with Crippen molar-refractivity contribution < 1.29 is 0 Å². The molecule has 0 spiro atoms. The fourth-order valence-corrected chi connectivity index (χ4v) is 3.18. The van der Waals surface area contributed by atoms with Crippen molar-refractivity contribution in [1.82, 2.24) is 25.1 Å². The van der Waals surface area contributed by atoms with Gasteiger partial charge < -0.3 is 9.88 Å². The highest BCUT2D eigenvalue weighted by Crippen LogP contribution is 2.26. The van der Waals surface area contributed by atoms with Crippen LogP contribution in [0.5, 0.6) is 0 Å². The molecule has 1 aliphatic rings. The van der Waals surface area contributed by atoms with E-state index in [1.165, 1.54) is 29.9 Å². The van der Waals surface area contributed by atoms with E-state index in [0.29, 0.717) is 5.92 Å². The average molecular weight is 287 g/mol. The van der Waals surface area contributed by atoms with Gasteiger partial charge in [0.05, 0.1) is 6.20 Å². The molecule has 0 saturated heterocycles. The van der Waals surface area contributed by atoms with Gasteiger partial charge >= 0.3 is 0 Å². The summed E-state index contributed by atoms with van der Waals surface area (Å²) in [6.07, 6.45) is 8.42. The first-order chi connectivity index (χ1) is 10.1. The lowest BCUT2D eigenvalue weighted by atomic mass is 9.89. The monoisotopic (exact) mass is 287 g/mol. The first kappa shape index (κ1) is 14.3. The maximum atomic E-state index is 4.52. The number of aromatic amines is 1. The van der Waals surface area contributed by atoms with Crippen molar-refractivity contribution in [3.63, 3.8) is 0 Å². The maximum Gasteiger partial charge on any atom is 0.113 e. The molecule has 0 amide bonds. The summed E-state index contributed by atoms with van der Waals surface area (Å²) in [5.41, 5.74) is 2.59. The molecule has 114 valence electrons. The van der Waals surface area contributed by atoms with Gasteiger partial charge in [0.25, 0.3) is 0 Å². The Balaban J connectivity index is 1.60. The van der Waals surface area contributed by atoms with E-state index in [1.54, 1.807) is 0 Å². The van der Waals surface area contributed by atoms with Gasteiger partial charge in [-0.3, -0.25) is 5.10 Å². The molecule has 1 unspecified atom stereocenters. The van der Waals surface area contributed by atoms with Crippen LogP contribution in [0.3, 0.4) is 0 Å². The van der Waals surface area contributed by atoms with E-state index in [0.717, 1.165) is 19.6 Å². The van der Waals surface area contributed by atoms with Crippen LogP contribution in [0, 0.1) is 0 Å². The Morgan fingerprint density at radius 2 is 2.29 bits per heavy atom. The smallest absolute Gasteiger partial charge is 0.113 e. The number of imidazole rings is 1. The minimum atomic E-state index is 0.106. The molecule has 0 saturated carbocycles. The Bertz CT molecular complexity index is 590. The third-order valence-electron chi connectivity index (χ3n) is 4.24. The molecule has 2 N–H and O–H groups in total. The van der Waals surface area contributed by atoms with Crippen molar-refractivity contribution in [2.24, 2.45) is 0 Å². The SMILES string of the molecule is CC(C)(C)c1[nH]ncc1CNCC1CCCn2ccnc21. The first-order valence-corrected chi connectivity index (χ1v) is 7.80. The van der Waals surface area contributed by atoms with Gasteiger partial charge in [0.15, 0.2) is 0 Å². The molecule has 5 heteroatoms. The molecule has 0 aliphatic carbocycles. The summed E-state index contributed by atoms with van der Waals surface area (Å²) in [6, 6.07) is 0. The molecule has 3 rings (SSSR count). The fraction of sp³-hybridized carbons (Fsp3) is 0.625. The fourth-order valence-electron chi connectivity index (χ4n) is 3.18.